The average Bonchev–Trinajstić information content (AvgIpc) is 2.55. The van der Waals surface area contributed by atoms with Crippen LogP contribution in [0.25, 0.3) is 0 Å². The van der Waals surface area contributed by atoms with E-state index in [0.29, 0.717) is 13.1 Å². The molecule has 1 aliphatic heterocycles. The van der Waals surface area contributed by atoms with Gasteiger partial charge < -0.3 is 10.2 Å². The lowest BCUT2D eigenvalue weighted by Crippen LogP contribution is -2.52. The minimum atomic E-state index is -3.89. The molecule has 2 N–H and O–H groups in total. The number of nitro benzene ring substituents is 1. The van der Waals surface area contributed by atoms with E-state index in [1.54, 1.807) is 4.90 Å². The highest BCUT2D eigenvalue weighted by Gasteiger charge is 2.23. The Hall–Kier alpha value is -1.75. The first-order valence-corrected chi connectivity index (χ1v) is 9.04. The molecule has 11 heteroatoms. The number of amides is 1. The molecular formula is C14H21ClN4O5S. The zero-order chi connectivity index (χ0) is 17.7. The molecule has 9 nitrogen and oxygen atoms in total. The number of piperazine rings is 1. The number of hydrogen-bond donors (Lipinski definition) is 2. The smallest absolute Gasteiger partial charge is 0.270 e. The molecule has 0 bridgehead atoms. The fourth-order valence-corrected chi connectivity index (χ4v) is 3.57. The second-order valence-electron chi connectivity index (χ2n) is 5.54. The molecule has 0 unspecified atom stereocenters. The van der Waals surface area contributed by atoms with E-state index in [2.05, 4.69) is 10.0 Å². The van der Waals surface area contributed by atoms with Crippen molar-refractivity contribution in [3.05, 3.63) is 34.4 Å². The lowest BCUT2D eigenvalue weighted by molar-refractivity contribution is -0.385. The number of hydrogen-bond acceptors (Lipinski definition) is 6. The van der Waals surface area contributed by atoms with Crippen molar-refractivity contribution in [1.29, 1.82) is 0 Å². The van der Waals surface area contributed by atoms with E-state index in [-0.39, 0.29) is 47.9 Å². The molecule has 0 spiro atoms. The van der Waals surface area contributed by atoms with Crippen molar-refractivity contribution in [2.24, 2.45) is 0 Å². The van der Waals surface area contributed by atoms with Gasteiger partial charge >= 0.3 is 0 Å². The van der Waals surface area contributed by atoms with Gasteiger partial charge in [-0.2, -0.15) is 0 Å². The minimum Gasteiger partial charge on any atom is -0.337 e. The van der Waals surface area contributed by atoms with Gasteiger partial charge in [-0.3, -0.25) is 14.9 Å². The topological polar surface area (TPSA) is 122 Å². The molecule has 25 heavy (non-hydrogen) atoms. The van der Waals surface area contributed by atoms with Crippen molar-refractivity contribution in [1.82, 2.24) is 14.9 Å². The third-order valence-electron chi connectivity index (χ3n) is 3.79. The summed E-state index contributed by atoms with van der Waals surface area (Å²) in [7, 11) is -3.89. The van der Waals surface area contributed by atoms with Crippen LogP contribution in [-0.4, -0.2) is 56.4 Å². The molecule has 0 aromatic heterocycles. The van der Waals surface area contributed by atoms with Crippen molar-refractivity contribution in [3.8, 4) is 0 Å². The molecule has 1 aromatic rings. The van der Waals surface area contributed by atoms with Crippen molar-refractivity contribution in [3.63, 3.8) is 0 Å². The molecule has 0 radical (unpaired) electrons. The summed E-state index contributed by atoms with van der Waals surface area (Å²) in [5.41, 5.74) is -0.302. The van der Waals surface area contributed by atoms with Gasteiger partial charge in [-0.1, -0.05) is 6.07 Å². The zero-order valence-corrected chi connectivity index (χ0v) is 15.3. The molecule has 1 saturated heterocycles. The Morgan fingerprint density at radius 3 is 2.84 bits per heavy atom. The van der Waals surface area contributed by atoms with Crippen LogP contribution in [-0.2, 0) is 14.8 Å². The number of halogens is 1. The molecule has 140 valence electrons. The predicted octanol–water partition coefficient (Wildman–Crippen LogP) is 0.505. The number of carbonyl (C=O) groups excluding carboxylic acids is 1. The Bertz CT molecular complexity index is 728. The van der Waals surface area contributed by atoms with Crippen LogP contribution in [0.15, 0.2) is 29.2 Å². The maximum Gasteiger partial charge on any atom is 0.270 e. The van der Waals surface area contributed by atoms with Crippen LogP contribution in [0.4, 0.5) is 5.69 Å². The fraction of sp³-hybridized carbons (Fsp3) is 0.500. The quantitative estimate of drug-likeness (QED) is 0.537. The van der Waals surface area contributed by atoms with Crippen molar-refractivity contribution in [2.45, 2.75) is 24.3 Å². The standard InChI is InChI=1S/C14H20N4O5S.ClH/c1-11-10-15-7-8-17(11)14(19)5-6-16-24(22,23)13-4-2-3-12(9-13)18(20)21;/h2-4,9,11,15-16H,5-8,10H2,1H3;1H/t11-;/m0./s1. The van der Waals surface area contributed by atoms with Crippen LogP contribution in [0.1, 0.15) is 13.3 Å². The average molecular weight is 393 g/mol. The van der Waals surface area contributed by atoms with Gasteiger partial charge in [0.25, 0.3) is 5.69 Å². The largest absolute Gasteiger partial charge is 0.337 e. The third-order valence-corrected chi connectivity index (χ3v) is 5.25. The van der Waals surface area contributed by atoms with E-state index in [1.165, 1.54) is 18.2 Å². The monoisotopic (exact) mass is 392 g/mol. The highest BCUT2D eigenvalue weighted by atomic mass is 35.5. The van der Waals surface area contributed by atoms with Gasteiger partial charge in [0.2, 0.25) is 15.9 Å². The third kappa shape index (κ3) is 5.63. The van der Waals surface area contributed by atoms with E-state index in [9.17, 15) is 23.3 Å². The second-order valence-corrected chi connectivity index (χ2v) is 7.31. The van der Waals surface area contributed by atoms with Gasteiger partial charge in [-0.25, -0.2) is 13.1 Å². The Balaban J connectivity index is 0.00000312. The number of nitrogens with one attached hydrogen (secondary N) is 2. The van der Waals surface area contributed by atoms with Crippen LogP contribution in [0.5, 0.6) is 0 Å². The van der Waals surface area contributed by atoms with Crippen LogP contribution in [0.3, 0.4) is 0 Å². The highest BCUT2D eigenvalue weighted by molar-refractivity contribution is 7.89. The summed E-state index contributed by atoms with van der Waals surface area (Å²) in [4.78, 5) is 23.7. The summed E-state index contributed by atoms with van der Waals surface area (Å²) in [5.74, 6) is -0.120. The first kappa shape index (κ1) is 21.3. The van der Waals surface area contributed by atoms with E-state index in [4.69, 9.17) is 0 Å². The van der Waals surface area contributed by atoms with Crippen molar-refractivity contribution >= 4 is 34.0 Å². The summed E-state index contributed by atoms with van der Waals surface area (Å²) < 4.78 is 26.6. The van der Waals surface area contributed by atoms with Crippen molar-refractivity contribution < 1.29 is 18.1 Å². The van der Waals surface area contributed by atoms with E-state index in [0.717, 1.165) is 12.6 Å². The summed E-state index contributed by atoms with van der Waals surface area (Å²) in [6.07, 6.45) is 0.0402. The lowest BCUT2D eigenvalue weighted by Gasteiger charge is -2.34. The maximum atomic E-state index is 12.2. The molecule has 1 atom stereocenters. The van der Waals surface area contributed by atoms with Gasteiger partial charge in [-0.05, 0) is 13.0 Å². The minimum absolute atomic E-state index is 0. The highest BCUT2D eigenvalue weighted by Crippen LogP contribution is 2.17. The Morgan fingerprint density at radius 1 is 1.48 bits per heavy atom. The summed E-state index contributed by atoms with van der Waals surface area (Å²) >= 11 is 0. The summed E-state index contributed by atoms with van der Waals surface area (Å²) in [5, 5.41) is 13.9. The number of benzene rings is 1. The molecule has 0 aliphatic carbocycles. The van der Waals surface area contributed by atoms with Gasteiger partial charge in [0.05, 0.1) is 9.82 Å². The first-order valence-electron chi connectivity index (χ1n) is 7.55. The van der Waals surface area contributed by atoms with Crippen LogP contribution in [0.2, 0.25) is 0 Å². The number of non-ortho nitro benzene ring substituents is 1. The van der Waals surface area contributed by atoms with E-state index < -0.39 is 14.9 Å². The number of sulfonamides is 1. The fourth-order valence-electron chi connectivity index (χ4n) is 2.50. The Kier molecular flexibility index (Phi) is 7.74. The lowest BCUT2D eigenvalue weighted by atomic mass is 10.2. The van der Waals surface area contributed by atoms with E-state index in [1.807, 2.05) is 6.92 Å². The van der Waals surface area contributed by atoms with Gasteiger partial charge in [0.1, 0.15) is 0 Å². The summed E-state index contributed by atoms with van der Waals surface area (Å²) in [6, 6.07) is 4.85. The van der Waals surface area contributed by atoms with Gasteiger partial charge in [0, 0.05) is 50.8 Å². The number of nitrogens with zero attached hydrogens (tertiary/aromatic N) is 2. The van der Waals surface area contributed by atoms with Crippen LogP contribution >= 0.6 is 12.4 Å². The molecule has 1 heterocycles. The maximum absolute atomic E-state index is 12.2. The van der Waals surface area contributed by atoms with Crippen LogP contribution in [0, 0.1) is 10.1 Å². The Morgan fingerprint density at radius 2 is 2.20 bits per heavy atom. The molecule has 1 fully saturated rings. The molecule has 1 aliphatic rings. The number of nitro groups is 1. The van der Waals surface area contributed by atoms with Crippen LogP contribution < -0.4 is 10.0 Å². The van der Waals surface area contributed by atoms with E-state index >= 15 is 0 Å². The molecule has 1 amide bonds. The Labute approximate surface area is 152 Å². The normalized spacial score (nSPS) is 17.6. The summed E-state index contributed by atoms with van der Waals surface area (Å²) in [6.45, 7) is 3.90. The van der Waals surface area contributed by atoms with Gasteiger partial charge in [-0.15, -0.1) is 12.4 Å². The molecule has 1 aromatic carbocycles. The van der Waals surface area contributed by atoms with Gasteiger partial charge in [0.15, 0.2) is 0 Å². The second kappa shape index (κ2) is 9.09. The molecular weight excluding hydrogens is 372 g/mol. The van der Waals surface area contributed by atoms with Crippen molar-refractivity contribution in [2.75, 3.05) is 26.2 Å². The zero-order valence-electron chi connectivity index (χ0n) is 13.7. The number of carbonyl (C=O) groups is 1. The number of rotatable bonds is 6. The first-order chi connectivity index (χ1) is 11.3. The molecule has 0 saturated carbocycles. The predicted molar refractivity (Wildman–Crippen MR) is 94.2 cm³/mol. The molecule has 2 rings (SSSR count). The SMILES string of the molecule is C[C@H]1CNCCN1C(=O)CCNS(=O)(=O)c1cccc([N+](=O)[O-])c1.Cl.